The van der Waals surface area contributed by atoms with E-state index in [2.05, 4.69) is 148 Å². The molecule has 2 aliphatic carbocycles. The molecular weight excluding hydrogens is 560 g/mol. The van der Waals surface area contributed by atoms with Crippen LogP contribution >= 0.6 is 0 Å². The Hall–Kier alpha value is -5.44. The Kier molecular flexibility index (Phi) is 7.52. The van der Waals surface area contributed by atoms with Gasteiger partial charge in [0.25, 0.3) is 0 Å². The lowest BCUT2D eigenvalue weighted by molar-refractivity contribution is 0.415. The van der Waals surface area contributed by atoms with E-state index in [0.29, 0.717) is 0 Å². The lowest BCUT2D eigenvalue weighted by Crippen LogP contribution is -2.40. The zero-order valence-corrected chi connectivity index (χ0v) is 26.9. The largest absolute Gasteiger partial charge is 0.497 e. The van der Waals surface area contributed by atoms with Gasteiger partial charge in [0.2, 0.25) is 0 Å². The summed E-state index contributed by atoms with van der Waals surface area (Å²) in [5.74, 6) is 16.4. The molecule has 0 amide bonds. The number of methoxy groups -OCH3 is 2. The number of rotatable bonds is 2. The van der Waals surface area contributed by atoms with Gasteiger partial charge < -0.3 is 9.47 Å². The van der Waals surface area contributed by atoms with Crippen molar-refractivity contribution < 1.29 is 9.47 Å². The maximum absolute atomic E-state index is 5.47. The average Bonchev–Trinajstić information content (AvgIpc) is 3.08. The van der Waals surface area contributed by atoms with Crippen LogP contribution in [0.2, 0.25) is 0 Å². The summed E-state index contributed by atoms with van der Waals surface area (Å²) in [6.45, 7) is 6.79. The molecule has 0 heterocycles. The fourth-order valence-electron chi connectivity index (χ4n) is 6.55. The molecule has 46 heavy (non-hydrogen) atoms. The van der Waals surface area contributed by atoms with Gasteiger partial charge in [0, 0.05) is 34.1 Å². The van der Waals surface area contributed by atoms with E-state index in [1.165, 1.54) is 10.8 Å². The Balaban J connectivity index is 1.47. The molecule has 0 bridgehead atoms. The fourth-order valence-corrected chi connectivity index (χ4v) is 6.55. The van der Waals surface area contributed by atoms with Crippen molar-refractivity contribution in [1.29, 1.82) is 0 Å². The number of fused-ring (bicyclic) bond motifs is 4. The summed E-state index contributed by atoms with van der Waals surface area (Å²) in [6.07, 6.45) is 8.87. The Bertz CT molecular complexity index is 2340. The Morgan fingerprint density at radius 3 is 1.57 bits per heavy atom. The van der Waals surface area contributed by atoms with Gasteiger partial charge in [0.05, 0.1) is 14.2 Å². The molecule has 0 saturated carbocycles. The quantitative estimate of drug-likeness (QED) is 0.192. The van der Waals surface area contributed by atoms with Crippen LogP contribution in [0.25, 0.3) is 32.7 Å². The standard InChI is InChI=1S/C44H36O2/c1-44(2,3)33-18-23-42-40(21-16-29-10-8-12-31-26-34(45-4)19-24-36(29)31)38-14-6-7-15-39(38)41(43(42)28-33)22-17-30-11-9-13-32-27-35(46-5)20-25-37(30)32/h6-15,18-20,23-28,38-39H,1-5H3. The second-order valence-electron chi connectivity index (χ2n) is 12.9. The van der Waals surface area contributed by atoms with Crippen LogP contribution in [0.15, 0.2) is 115 Å². The van der Waals surface area contributed by atoms with Crippen LogP contribution in [0.3, 0.4) is 0 Å². The highest BCUT2D eigenvalue weighted by Gasteiger charge is 2.30. The molecule has 0 aliphatic heterocycles. The fraction of sp³-hybridized carbons (Fsp3) is 0.182. The molecule has 2 unspecified atom stereocenters. The second kappa shape index (κ2) is 11.8. The molecule has 2 atom stereocenters. The predicted molar refractivity (Wildman–Crippen MR) is 191 cm³/mol. The molecule has 0 aromatic heterocycles. The van der Waals surface area contributed by atoms with E-state index in [1.54, 1.807) is 14.2 Å². The minimum Gasteiger partial charge on any atom is -0.497 e. The molecule has 0 fully saturated rings. The number of allylic oxidation sites excluding steroid dienone is 4. The van der Waals surface area contributed by atoms with Gasteiger partial charge in [0.1, 0.15) is 11.5 Å². The van der Waals surface area contributed by atoms with Crippen molar-refractivity contribution in [1.82, 2.24) is 0 Å². The first kappa shape index (κ1) is 29.3. The smallest absolute Gasteiger partial charge is 0.119 e. The highest BCUT2D eigenvalue weighted by atomic mass is 16.5. The van der Waals surface area contributed by atoms with E-state index in [1.807, 2.05) is 12.1 Å². The lowest BCUT2D eigenvalue weighted by Gasteiger charge is -2.29. The summed E-state index contributed by atoms with van der Waals surface area (Å²) in [7, 11) is 3.40. The van der Waals surface area contributed by atoms with Crippen molar-refractivity contribution in [3.8, 4) is 35.2 Å². The zero-order valence-electron chi connectivity index (χ0n) is 26.9. The second-order valence-corrected chi connectivity index (χ2v) is 12.9. The van der Waals surface area contributed by atoms with Crippen LogP contribution in [0.4, 0.5) is 0 Å². The first-order chi connectivity index (χ1) is 22.3. The molecule has 0 radical (unpaired) electrons. The van der Waals surface area contributed by atoms with Crippen molar-refractivity contribution >= 4 is 32.7 Å². The maximum Gasteiger partial charge on any atom is 0.119 e. The van der Waals surface area contributed by atoms with Crippen molar-refractivity contribution in [2.75, 3.05) is 14.2 Å². The molecular formula is C44H36O2. The lowest BCUT2D eigenvalue weighted by atomic mass is 9.73. The highest BCUT2D eigenvalue weighted by molar-refractivity contribution is 5.92. The Morgan fingerprint density at radius 2 is 1.07 bits per heavy atom. The van der Waals surface area contributed by atoms with E-state index in [-0.39, 0.29) is 17.3 Å². The number of hydrogen-bond donors (Lipinski definition) is 0. The molecule has 224 valence electrons. The SMILES string of the molecule is COc1ccc2c(C#CC3=c4ccc(C(C)(C)C)cc4=C(C#Cc4cccc5cc(OC)ccc45)C4C=CC=CC34)cccc2c1. The van der Waals surface area contributed by atoms with Crippen molar-refractivity contribution in [2.45, 2.75) is 26.2 Å². The van der Waals surface area contributed by atoms with E-state index in [9.17, 15) is 0 Å². The number of hydrogen-bond acceptors (Lipinski definition) is 2. The molecule has 7 rings (SSSR count). The molecule has 2 aliphatic rings. The van der Waals surface area contributed by atoms with E-state index >= 15 is 0 Å². The van der Waals surface area contributed by atoms with Crippen molar-refractivity contribution in [2.24, 2.45) is 11.8 Å². The monoisotopic (exact) mass is 596 g/mol. The molecule has 2 heteroatoms. The predicted octanol–water partition coefficient (Wildman–Crippen LogP) is 8.08. The summed E-state index contributed by atoms with van der Waals surface area (Å²) in [5.41, 5.74) is 5.57. The summed E-state index contributed by atoms with van der Waals surface area (Å²) >= 11 is 0. The third kappa shape index (κ3) is 5.38. The van der Waals surface area contributed by atoms with Crippen molar-refractivity contribution in [3.05, 3.63) is 142 Å². The molecule has 2 nitrogen and oxygen atoms in total. The summed E-state index contributed by atoms with van der Waals surface area (Å²) in [5, 5.41) is 6.82. The zero-order chi connectivity index (χ0) is 31.8. The van der Waals surface area contributed by atoms with E-state index in [4.69, 9.17) is 9.47 Å². The van der Waals surface area contributed by atoms with Gasteiger partial charge >= 0.3 is 0 Å². The van der Waals surface area contributed by atoms with Gasteiger partial charge in [-0.3, -0.25) is 0 Å². The van der Waals surface area contributed by atoms with Crippen molar-refractivity contribution in [3.63, 3.8) is 0 Å². The van der Waals surface area contributed by atoms with Gasteiger partial charge in [0.15, 0.2) is 0 Å². The molecule has 0 N–H and O–H groups in total. The Labute approximate surface area is 271 Å². The topological polar surface area (TPSA) is 18.5 Å². The van der Waals surface area contributed by atoms with Gasteiger partial charge in [-0.2, -0.15) is 0 Å². The normalized spacial score (nSPS) is 16.6. The van der Waals surface area contributed by atoms with E-state index in [0.717, 1.165) is 60.5 Å². The van der Waals surface area contributed by atoms with Crippen LogP contribution in [-0.2, 0) is 5.41 Å². The van der Waals surface area contributed by atoms with Gasteiger partial charge in [-0.25, -0.2) is 0 Å². The van der Waals surface area contributed by atoms with E-state index < -0.39 is 0 Å². The molecule has 0 spiro atoms. The third-order valence-corrected chi connectivity index (χ3v) is 9.11. The summed E-state index contributed by atoms with van der Waals surface area (Å²) < 4.78 is 10.9. The van der Waals surface area contributed by atoms with Gasteiger partial charge in [-0.1, -0.05) is 105 Å². The van der Waals surface area contributed by atoms with Crippen LogP contribution in [0.1, 0.15) is 37.5 Å². The van der Waals surface area contributed by atoms with Crippen LogP contribution < -0.4 is 19.9 Å². The number of ether oxygens (including phenoxy) is 2. The molecule has 5 aromatic rings. The minimum absolute atomic E-state index is 0.00271. The first-order valence-corrected chi connectivity index (χ1v) is 15.8. The Morgan fingerprint density at radius 1 is 0.543 bits per heavy atom. The highest BCUT2D eigenvalue weighted by Crippen LogP contribution is 2.35. The average molecular weight is 597 g/mol. The van der Waals surface area contributed by atoms with Gasteiger partial charge in [-0.05, 0) is 97.6 Å². The summed E-state index contributed by atoms with van der Waals surface area (Å²) in [6, 6.07) is 31.8. The maximum atomic E-state index is 5.47. The molecule has 0 saturated heterocycles. The summed E-state index contributed by atoms with van der Waals surface area (Å²) in [4.78, 5) is 0. The van der Waals surface area contributed by atoms with Crippen LogP contribution in [0.5, 0.6) is 11.5 Å². The van der Waals surface area contributed by atoms with Crippen LogP contribution in [-0.4, -0.2) is 14.2 Å². The molecule has 5 aromatic carbocycles. The van der Waals surface area contributed by atoms with Crippen LogP contribution in [0, 0.1) is 35.5 Å². The minimum atomic E-state index is -0.00271. The number of benzene rings is 5. The third-order valence-electron chi connectivity index (χ3n) is 9.11. The first-order valence-electron chi connectivity index (χ1n) is 15.8. The van der Waals surface area contributed by atoms with Gasteiger partial charge in [-0.15, -0.1) is 0 Å².